The third kappa shape index (κ3) is 6.19. The Bertz CT molecular complexity index is 383. The molecule has 0 N–H and O–H groups in total. The summed E-state index contributed by atoms with van der Waals surface area (Å²) in [5.41, 5.74) is 0. The van der Waals surface area contributed by atoms with Gasteiger partial charge in [-0.25, -0.2) is 0 Å². The highest BCUT2D eigenvalue weighted by atomic mass is 28.4. The zero-order chi connectivity index (χ0) is 21.8. The topological polar surface area (TPSA) is 64.6 Å². The van der Waals surface area contributed by atoms with Gasteiger partial charge in [-0.15, -0.1) is 0 Å². The highest BCUT2D eigenvalue weighted by Gasteiger charge is 2.70. The number of rotatable bonds is 17. The molecule has 0 aliphatic carbocycles. The number of unbranched alkanes of at least 4 members (excludes halogenated alkanes) is 2. The van der Waals surface area contributed by atoms with E-state index in [-0.39, 0.29) is 6.10 Å². The molecular weight excluding hydrogens is 412 g/mol. The molecule has 0 heterocycles. The Hall–Kier alpha value is 0.371. The second-order valence-corrected chi connectivity index (χ2v) is 16.0. The van der Waals surface area contributed by atoms with Crippen LogP contribution in [0.4, 0.5) is 0 Å². The highest BCUT2D eigenvalue weighted by molar-refractivity contribution is 6.90. The minimum atomic E-state index is -2.79. The van der Waals surface area contributed by atoms with Crippen LogP contribution in [0.1, 0.15) is 53.4 Å². The second kappa shape index (κ2) is 13.6. The molecule has 0 aromatic rings. The molecule has 1 atom stereocenters. The molecule has 0 saturated carbocycles. The summed E-state index contributed by atoms with van der Waals surface area (Å²) in [7, 11) is -0.598. The van der Waals surface area contributed by atoms with Crippen molar-refractivity contribution >= 4 is 26.6 Å². The lowest BCUT2D eigenvalue weighted by Crippen LogP contribution is -2.69. The third-order valence-electron chi connectivity index (χ3n) is 5.84. The van der Waals surface area contributed by atoms with E-state index in [1.54, 1.807) is 28.4 Å². The minimum Gasteiger partial charge on any atom is -0.397 e. The van der Waals surface area contributed by atoms with Crippen molar-refractivity contribution in [3.63, 3.8) is 0 Å². The average molecular weight is 456 g/mol. The maximum absolute atomic E-state index is 6.43. The molecule has 1 radical (unpaired) electrons. The largest absolute Gasteiger partial charge is 0.577 e. The van der Waals surface area contributed by atoms with E-state index >= 15 is 0 Å². The van der Waals surface area contributed by atoms with Crippen LogP contribution < -0.4 is 0 Å². The Kier molecular flexibility index (Phi) is 13.8. The van der Waals surface area contributed by atoms with Gasteiger partial charge in [-0.2, -0.15) is 0 Å². The van der Waals surface area contributed by atoms with Crippen molar-refractivity contribution in [3.8, 4) is 0 Å². The normalized spacial score (nSPS) is 14.7. The van der Waals surface area contributed by atoms with Crippen LogP contribution in [-0.2, 0) is 31.0 Å². The number of hydrogen-bond acceptors (Lipinski definition) is 7. The first-order valence-corrected chi connectivity index (χ1v) is 16.1. The van der Waals surface area contributed by atoms with Crippen LogP contribution in [-0.4, -0.2) is 74.4 Å². The smallest absolute Gasteiger partial charge is 0.397 e. The monoisotopic (exact) mass is 455 g/mol. The van der Waals surface area contributed by atoms with Crippen LogP contribution in [0, 0.1) is 0 Å². The quantitative estimate of drug-likeness (QED) is 0.242. The molecule has 0 bridgehead atoms. The van der Waals surface area contributed by atoms with Crippen molar-refractivity contribution < 1.29 is 31.0 Å². The van der Waals surface area contributed by atoms with Gasteiger partial charge in [0, 0.05) is 41.7 Å². The van der Waals surface area contributed by atoms with Crippen molar-refractivity contribution in [1.82, 2.24) is 0 Å². The van der Waals surface area contributed by atoms with E-state index in [0.29, 0.717) is 13.2 Å². The molecule has 0 saturated heterocycles. The zero-order valence-corrected chi connectivity index (χ0v) is 22.7. The lowest BCUT2D eigenvalue weighted by molar-refractivity contribution is 0.0353. The molecule has 7 nitrogen and oxygen atoms in total. The van der Waals surface area contributed by atoms with Crippen molar-refractivity contribution in [3.05, 3.63) is 0 Å². The van der Waals surface area contributed by atoms with E-state index in [0.717, 1.165) is 25.7 Å². The van der Waals surface area contributed by atoms with E-state index in [2.05, 4.69) is 26.9 Å². The van der Waals surface area contributed by atoms with Crippen LogP contribution in [0.5, 0.6) is 0 Å². The first kappa shape index (κ1) is 28.4. The summed E-state index contributed by atoms with van der Waals surface area (Å²) in [6.07, 6.45) is 3.81. The molecule has 0 spiro atoms. The minimum absolute atomic E-state index is 0.274. The Morgan fingerprint density at radius 3 is 1.54 bits per heavy atom. The lowest BCUT2D eigenvalue weighted by atomic mass is 10.1. The van der Waals surface area contributed by atoms with E-state index in [1.807, 2.05) is 13.8 Å². The van der Waals surface area contributed by atoms with E-state index < -0.39 is 31.3 Å². The number of hydrogen-bond donors (Lipinski definition) is 0. The standard InChI is InChI=1S/C18H43O7Si3/c1-11-14-15-16-18(27(9,19-5)20-6,28(10,21-7)22-8)17(4)25-26(23-12-2)24-13-3/h17H,11-16H2,1-10H3. The fourth-order valence-corrected chi connectivity index (χ4v) is 14.5. The molecule has 0 amide bonds. The van der Waals surface area contributed by atoms with Gasteiger partial charge in [-0.1, -0.05) is 26.2 Å². The molecule has 0 fully saturated rings. The maximum atomic E-state index is 6.43. The molecule has 1 unspecified atom stereocenters. The SMILES string of the molecule is CCCCCC(C(C)O[Si](OCC)OCC)([Si](C)(OC)OC)[Si](C)(OC)OC. The fraction of sp³-hybridized carbons (Fsp3) is 1.00. The Labute approximate surface area is 176 Å². The first-order valence-electron chi connectivity index (χ1n) is 10.2. The van der Waals surface area contributed by atoms with Crippen molar-refractivity contribution in [2.24, 2.45) is 0 Å². The van der Waals surface area contributed by atoms with Gasteiger partial charge in [0.2, 0.25) is 0 Å². The fourth-order valence-electron chi connectivity index (χ4n) is 3.95. The van der Waals surface area contributed by atoms with Crippen LogP contribution in [0.15, 0.2) is 0 Å². The van der Waals surface area contributed by atoms with Crippen LogP contribution in [0.25, 0.3) is 0 Å². The summed E-state index contributed by atoms with van der Waals surface area (Å²) < 4.78 is 41.8. The van der Waals surface area contributed by atoms with Gasteiger partial charge < -0.3 is 31.0 Å². The molecule has 169 valence electrons. The third-order valence-corrected chi connectivity index (χ3v) is 17.8. The van der Waals surface area contributed by atoms with E-state index in [9.17, 15) is 0 Å². The molecular formula is C18H43O7Si3. The molecule has 0 aliphatic rings. The Morgan fingerprint density at radius 1 is 0.786 bits per heavy atom. The summed E-state index contributed by atoms with van der Waals surface area (Å²) >= 11 is 0. The van der Waals surface area contributed by atoms with E-state index in [4.69, 9.17) is 31.0 Å². The molecule has 0 aromatic heterocycles. The van der Waals surface area contributed by atoms with Crippen LogP contribution in [0.3, 0.4) is 0 Å². The molecule has 0 aromatic carbocycles. The molecule has 0 aliphatic heterocycles. The van der Waals surface area contributed by atoms with Gasteiger partial charge in [0.15, 0.2) is 0 Å². The lowest BCUT2D eigenvalue weighted by Gasteiger charge is -2.54. The van der Waals surface area contributed by atoms with Crippen LogP contribution in [0.2, 0.25) is 17.8 Å². The predicted octanol–water partition coefficient (Wildman–Crippen LogP) is 4.04. The summed E-state index contributed by atoms with van der Waals surface area (Å²) in [6.45, 7) is 13.4. The average Bonchev–Trinajstić information content (AvgIpc) is 2.70. The summed E-state index contributed by atoms with van der Waals surface area (Å²) in [5, 5.41) is 0. The first-order chi connectivity index (χ1) is 13.2. The van der Waals surface area contributed by atoms with Gasteiger partial charge in [-0.05, 0) is 40.3 Å². The van der Waals surface area contributed by atoms with Crippen molar-refractivity contribution in [2.45, 2.75) is 77.2 Å². The van der Waals surface area contributed by atoms with Crippen molar-refractivity contribution in [2.75, 3.05) is 41.7 Å². The highest BCUT2D eigenvalue weighted by Crippen LogP contribution is 2.55. The molecule has 10 heteroatoms. The van der Waals surface area contributed by atoms with Gasteiger partial charge in [0.05, 0.1) is 10.8 Å². The Morgan fingerprint density at radius 2 is 1.21 bits per heavy atom. The molecule has 28 heavy (non-hydrogen) atoms. The summed E-state index contributed by atoms with van der Waals surface area (Å²) in [4.78, 5) is 0. The van der Waals surface area contributed by atoms with Gasteiger partial charge in [-0.3, -0.25) is 0 Å². The zero-order valence-electron chi connectivity index (χ0n) is 19.7. The maximum Gasteiger partial charge on any atom is 0.577 e. The van der Waals surface area contributed by atoms with Crippen LogP contribution >= 0.6 is 0 Å². The van der Waals surface area contributed by atoms with Gasteiger partial charge in [0.1, 0.15) is 0 Å². The van der Waals surface area contributed by atoms with E-state index in [1.165, 1.54) is 0 Å². The van der Waals surface area contributed by atoms with Gasteiger partial charge >= 0.3 is 26.6 Å². The van der Waals surface area contributed by atoms with Gasteiger partial charge in [0.25, 0.3) is 0 Å². The van der Waals surface area contributed by atoms with Crippen molar-refractivity contribution in [1.29, 1.82) is 0 Å². The Balaban J connectivity index is 6.34. The molecule has 0 rings (SSSR count). The predicted molar refractivity (Wildman–Crippen MR) is 118 cm³/mol. The summed E-state index contributed by atoms with van der Waals surface area (Å²) in [5.74, 6) is 0. The summed E-state index contributed by atoms with van der Waals surface area (Å²) in [6, 6.07) is 0. The second-order valence-electron chi connectivity index (χ2n) is 7.01.